The highest BCUT2D eigenvalue weighted by Gasteiger charge is 2.22. The Morgan fingerprint density at radius 1 is 1.25 bits per heavy atom. The lowest BCUT2D eigenvalue weighted by Crippen LogP contribution is -2.31. The molecule has 8 heteroatoms. The van der Waals surface area contributed by atoms with Gasteiger partial charge in [0.1, 0.15) is 17.9 Å². The first-order valence-electron chi connectivity index (χ1n) is 10.8. The first-order valence-corrected chi connectivity index (χ1v) is 10.8. The van der Waals surface area contributed by atoms with Crippen LogP contribution in [-0.2, 0) is 4.79 Å². The van der Waals surface area contributed by atoms with Gasteiger partial charge in [0, 0.05) is 49.0 Å². The molecule has 4 heterocycles. The average Bonchev–Trinajstić information content (AvgIpc) is 2.85. The number of hydrogen-bond acceptors (Lipinski definition) is 8. The average molecular weight is 435 g/mol. The molecule has 3 aromatic heterocycles. The zero-order valence-corrected chi connectivity index (χ0v) is 18.9. The van der Waals surface area contributed by atoms with Gasteiger partial charge in [-0.2, -0.15) is 0 Å². The Bertz CT molecular complexity index is 982. The smallest absolute Gasteiger partial charge is 0.213 e. The summed E-state index contributed by atoms with van der Waals surface area (Å²) in [5, 5.41) is 3.35. The molecule has 0 spiro atoms. The second-order valence-corrected chi connectivity index (χ2v) is 7.63. The minimum Gasteiger partial charge on any atom is -0.481 e. The molecule has 8 nitrogen and oxygen atoms in total. The van der Waals surface area contributed by atoms with E-state index >= 15 is 0 Å². The van der Waals surface area contributed by atoms with Crippen molar-refractivity contribution in [3.05, 3.63) is 54.7 Å². The molecule has 1 unspecified atom stereocenters. The maximum atomic E-state index is 9.17. The number of rotatable bonds is 6. The van der Waals surface area contributed by atoms with Gasteiger partial charge in [-0.25, -0.2) is 15.0 Å². The topological polar surface area (TPSA) is 93.1 Å². The van der Waals surface area contributed by atoms with Gasteiger partial charge in [0.2, 0.25) is 5.88 Å². The van der Waals surface area contributed by atoms with E-state index in [0.717, 1.165) is 60.8 Å². The van der Waals surface area contributed by atoms with Crippen molar-refractivity contribution in [1.82, 2.24) is 24.8 Å². The molecular formula is C24H30N6O2. The standard InChI is InChI=1S/C21H24N6O.C3H6O/c1-27-10-4-6-16(14-27)21-25-18(15-5-3-9-22-12-15)11-19(26-21)24-17-7-8-20(28-2)23-13-17;1-2-3-4/h3,5,7-9,11-13,16H,4,6,10,14H2,1-2H3,(H,24,25,26);3H,2H2,1H3. The van der Waals surface area contributed by atoms with Gasteiger partial charge in [-0.15, -0.1) is 0 Å². The third kappa shape index (κ3) is 6.55. The van der Waals surface area contributed by atoms with Crippen molar-refractivity contribution in [1.29, 1.82) is 0 Å². The molecule has 1 saturated heterocycles. The highest BCUT2D eigenvalue weighted by molar-refractivity contribution is 5.65. The van der Waals surface area contributed by atoms with Gasteiger partial charge in [-0.1, -0.05) is 6.92 Å². The normalized spacial score (nSPS) is 15.9. The van der Waals surface area contributed by atoms with Crippen molar-refractivity contribution < 1.29 is 9.53 Å². The van der Waals surface area contributed by atoms with Crippen LogP contribution in [0.1, 0.15) is 37.9 Å². The second-order valence-electron chi connectivity index (χ2n) is 7.63. The Kier molecular flexibility index (Phi) is 8.62. The number of carbonyl (C=O) groups is 1. The maximum Gasteiger partial charge on any atom is 0.213 e. The molecular weight excluding hydrogens is 404 g/mol. The van der Waals surface area contributed by atoms with E-state index in [1.807, 2.05) is 43.5 Å². The zero-order valence-electron chi connectivity index (χ0n) is 18.9. The molecule has 1 aliphatic rings. The van der Waals surface area contributed by atoms with Crippen LogP contribution in [0.4, 0.5) is 11.5 Å². The molecule has 0 bridgehead atoms. The fourth-order valence-electron chi connectivity index (χ4n) is 3.47. The number of likely N-dealkylation sites (N-methyl/N-ethyl adjacent to an activating group) is 1. The van der Waals surface area contributed by atoms with Gasteiger partial charge in [0.25, 0.3) is 0 Å². The number of nitrogens with zero attached hydrogens (tertiary/aromatic N) is 5. The lowest BCUT2D eigenvalue weighted by molar-refractivity contribution is -0.107. The fourth-order valence-corrected chi connectivity index (χ4v) is 3.47. The molecule has 0 aliphatic carbocycles. The largest absolute Gasteiger partial charge is 0.481 e. The van der Waals surface area contributed by atoms with E-state index in [1.165, 1.54) is 0 Å². The molecule has 3 aromatic rings. The number of aromatic nitrogens is 4. The minimum absolute atomic E-state index is 0.324. The van der Waals surface area contributed by atoms with Crippen LogP contribution in [0.25, 0.3) is 11.3 Å². The number of nitrogens with one attached hydrogen (secondary N) is 1. The highest BCUT2D eigenvalue weighted by Crippen LogP contribution is 2.28. The molecule has 4 rings (SSSR count). The van der Waals surface area contributed by atoms with Gasteiger partial charge in [-0.05, 0) is 44.6 Å². The van der Waals surface area contributed by atoms with E-state index in [4.69, 9.17) is 14.7 Å². The van der Waals surface area contributed by atoms with Gasteiger partial charge in [0.15, 0.2) is 0 Å². The summed E-state index contributed by atoms with van der Waals surface area (Å²) in [5.41, 5.74) is 2.70. The molecule has 0 saturated carbocycles. The number of likely N-dealkylation sites (tertiary alicyclic amines) is 1. The monoisotopic (exact) mass is 434 g/mol. The molecule has 1 fully saturated rings. The third-order valence-corrected chi connectivity index (χ3v) is 5.07. The van der Waals surface area contributed by atoms with Gasteiger partial charge >= 0.3 is 0 Å². The molecule has 32 heavy (non-hydrogen) atoms. The van der Waals surface area contributed by atoms with Crippen LogP contribution in [0, 0.1) is 0 Å². The van der Waals surface area contributed by atoms with Gasteiger partial charge in [0.05, 0.1) is 24.7 Å². The quantitative estimate of drug-likeness (QED) is 0.580. The summed E-state index contributed by atoms with van der Waals surface area (Å²) >= 11 is 0. The molecule has 1 aliphatic heterocycles. The summed E-state index contributed by atoms with van der Waals surface area (Å²) in [5.74, 6) is 2.53. The zero-order chi connectivity index (χ0) is 22.8. The summed E-state index contributed by atoms with van der Waals surface area (Å²) in [6.45, 7) is 3.91. The number of pyridine rings is 2. The van der Waals surface area contributed by atoms with Crippen LogP contribution in [-0.4, -0.2) is 58.4 Å². The Labute approximate surface area is 189 Å². The second kappa shape index (κ2) is 11.9. The van der Waals surface area contributed by atoms with Crippen LogP contribution < -0.4 is 10.1 Å². The van der Waals surface area contributed by atoms with Crippen molar-refractivity contribution >= 4 is 17.8 Å². The highest BCUT2D eigenvalue weighted by atomic mass is 16.5. The Morgan fingerprint density at radius 3 is 2.72 bits per heavy atom. The Balaban J connectivity index is 0.000000668. The summed E-state index contributed by atoms with van der Waals surface area (Å²) in [6.07, 6.45) is 9.11. The number of aldehydes is 1. The van der Waals surface area contributed by atoms with Crippen molar-refractivity contribution in [2.24, 2.45) is 0 Å². The van der Waals surface area contributed by atoms with E-state index in [1.54, 1.807) is 19.5 Å². The van der Waals surface area contributed by atoms with Crippen LogP contribution >= 0.6 is 0 Å². The third-order valence-electron chi connectivity index (χ3n) is 5.07. The van der Waals surface area contributed by atoms with E-state index in [0.29, 0.717) is 18.2 Å². The number of carbonyl (C=O) groups excluding carboxylic acids is 1. The number of anilines is 2. The number of methoxy groups -OCH3 is 1. The van der Waals surface area contributed by atoms with Crippen molar-refractivity contribution in [3.63, 3.8) is 0 Å². The molecule has 0 aromatic carbocycles. The Morgan fingerprint density at radius 2 is 2.09 bits per heavy atom. The maximum absolute atomic E-state index is 9.17. The van der Waals surface area contributed by atoms with Gasteiger partial charge in [-0.3, -0.25) is 4.98 Å². The summed E-state index contributed by atoms with van der Waals surface area (Å²) in [4.78, 5) is 29.7. The predicted octanol–water partition coefficient (Wildman–Crippen LogP) is 4.09. The first-order chi connectivity index (χ1) is 15.6. The predicted molar refractivity (Wildman–Crippen MR) is 125 cm³/mol. The lowest BCUT2D eigenvalue weighted by Gasteiger charge is -2.29. The first kappa shape index (κ1) is 23.3. The van der Waals surface area contributed by atoms with E-state index < -0.39 is 0 Å². The SMILES string of the molecule is CCC=O.COc1ccc(Nc2cc(-c3cccnc3)nc(C3CCCN(C)C3)n2)cn1. The van der Waals surface area contributed by atoms with E-state index in [2.05, 4.69) is 27.2 Å². The Hall–Kier alpha value is -3.39. The van der Waals surface area contributed by atoms with Crippen LogP contribution in [0.3, 0.4) is 0 Å². The number of hydrogen-bond donors (Lipinski definition) is 1. The van der Waals surface area contributed by atoms with Gasteiger partial charge < -0.3 is 19.7 Å². The molecule has 1 atom stereocenters. The molecule has 0 amide bonds. The van der Waals surface area contributed by atoms with Crippen molar-refractivity contribution in [2.75, 3.05) is 32.6 Å². The fraction of sp³-hybridized carbons (Fsp3) is 0.375. The van der Waals surface area contributed by atoms with Crippen LogP contribution in [0.5, 0.6) is 5.88 Å². The van der Waals surface area contributed by atoms with E-state index in [-0.39, 0.29) is 0 Å². The molecule has 168 valence electrons. The number of piperidine rings is 1. The summed E-state index contributed by atoms with van der Waals surface area (Å²) in [7, 11) is 3.76. The van der Waals surface area contributed by atoms with Crippen molar-refractivity contribution in [3.8, 4) is 17.1 Å². The summed E-state index contributed by atoms with van der Waals surface area (Å²) < 4.78 is 5.13. The molecule has 0 radical (unpaired) electrons. The van der Waals surface area contributed by atoms with Crippen LogP contribution in [0.15, 0.2) is 48.9 Å². The van der Waals surface area contributed by atoms with E-state index in [9.17, 15) is 4.79 Å². The minimum atomic E-state index is 0.324. The molecule has 1 N–H and O–H groups in total. The van der Waals surface area contributed by atoms with Crippen molar-refractivity contribution in [2.45, 2.75) is 32.1 Å². The summed E-state index contributed by atoms with van der Waals surface area (Å²) in [6, 6.07) is 9.64. The lowest BCUT2D eigenvalue weighted by atomic mass is 9.97. The number of ether oxygens (including phenoxy) is 1. The van der Waals surface area contributed by atoms with Crippen LogP contribution in [0.2, 0.25) is 0 Å².